The Morgan fingerprint density at radius 2 is 1.58 bits per heavy atom. The molecule has 0 saturated carbocycles. The molecule has 1 N–H and O–H groups in total. The zero-order chi connectivity index (χ0) is 24.7. The van der Waals surface area contributed by atoms with Crippen LogP contribution in [0.2, 0.25) is 5.02 Å². The second-order valence-electron chi connectivity index (χ2n) is 8.60. The van der Waals surface area contributed by atoms with Gasteiger partial charge in [0.25, 0.3) is 5.91 Å². The van der Waals surface area contributed by atoms with Gasteiger partial charge in [-0.1, -0.05) is 17.7 Å². The Morgan fingerprint density at radius 1 is 1.03 bits per heavy atom. The quantitative estimate of drug-likeness (QED) is 0.507. The molecule has 1 fully saturated rings. The predicted molar refractivity (Wildman–Crippen MR) is 117 cm³/mol. The smallest absolute Gasteiger partial charge is 0.447 e. The average molecular weight is 484 g/mol. The number of halogens is 4. The third-order valence-electron chi connectivity index (χ3n) is 5.59. The van der Waals surface area contributed by atoms with Crippen molar-refractivity contribution in [2.75, 3.05) is 5.32 Å². The van der Waals surface area contributed by atoms with Crippen LogP contribution in [0, 0.1) is 17.5 Å². The van der Waals surface area contributed by atoms with Crippen LogP contribution in [0.1, 0.15) is 46.3 Å². The van der Waals surface area contributed by atoms with Crippen LogP contribution in [0.15, 0.2) is 30.3 Å². The topological polar surface area (TPSA) is 73.9 Å². The van der Waals surface area contributed by atoms with Gasteiger partial charge < -0.3 is 19.4 Å². The SMILES string of the molecule is CC(=O)OC(C(=O)Nc1ccc(B2OC(C)(C)C(C)(C)O2)c(Cl)c1F)c1cc(F)cc(F)c1. The summed E-state index contributed by atoms with van der Waals surface area (Å²) in [6, 6.07) is 4.92. The average Bonchev–Trinajstić information content (AvgIpc) is 2.89. The van der Waals surface area contributed by atoms with E-state index < -0.39 is 53.8 Å². The molecule has 0 aromatic heterocycles. The van der Waals surface area contributed by atoms with Gasteiger partial charge >= 0.3 is 13.1 Å². The van der Waals surface area contributed by atoms with Crippen molar-refractivity contribution >= 4 is 41.7 Å². The van der Waals surface area contributed by atoms with Gasteiger partial charge in [-0.05, 0) is 45.9 Å². The molecule has 11 heteroatoms. The van der Waals surface area contributed by atoms with E-state index >= 15 is 4.39 Å². The molecular weight excluding hydrogens is 462 g/mol. The van der Waals surface area contributed by atoms with Crippen LogP contribution in [-0.4, -0.2) is 30.2 Å². The Kier molecular flexibility index (Phi) is 6.84. The standard InChI is InChI=1S/C22H22BClF3NO5/c1-11(29)31-19(12-8-13(25)10-14(26)9-12)20(30)28-16-7-6-15(17(24)18(16)27)23-32-21(2,3)22(4,5)33-23/h6-10,19H,1-5H3,(H,28,30). The van der Waals surface area contributed by atoms with E-state index in [1.54, 1.807) is 0 Å². The molecule has 1 atom stereocenters. The number of ether oxygens (including phenoxy) is 1. The van der Waals surface area contributed by atoms with Crippen molar-refractivity contribution in [3.63, 3.8) is 0 Å². The van der Waals surface area contributed by atoms with Gasteiger partial charge in [-0.15, -0.1) is 0 Å². The second-order valence-corrected chi connectivity index (χ2v) is 8.98. The highest BCUT2D eigenvalue weighted by Gasteiger charge is 2.52. The first kappa shape index (κ1) is 25.1. The Bertz CT molecular complexity index is 1080. The van der Waals surface area contributed by atoms with E-state index in [1.807, 2.05) is 27.7 Å². The molecule has 33 heavy (non-hydrogen) atoms. The first-order valence-corrected chi connectivity index (χ1v) is 10.4. The van der Waals surface area contributed by atoms with Crippen molar-refractivity contribution in [1.82, 2.24) is 0 Å². The number of hydrogen-bond acceptors (Lipinski definition) is 5. The number of hydrogen-bond donors (Lipinski definition) is 1. The predicted octanol–water partition coefficient (Wildman–Crippen LogP) is 4.30. The van der Waals surface area contributed by atoms with Gasteiger partial charge in [0.05, 0.1) is 21.9 Å². The molecule has 2 aromatic rings. The molecule has 0 bridgehead atoms. The molecule has 3 rings (SSSR count). The maximum Gasteiger partial charge on any atom is 0.496 e. The lowest BCUT2D eigenvalue weighted by atomic mass is 9.79. The van der Waals surface area contributed by atoms with Crippen LogP contribution in [-0.2, 0) is 23.6 Å². The monoisotopic (exact) mass is 483 g/mol. The van der Waals surface area contributed by atoms with Crippen LogP contribution in [0.25, 0.3) is 0 Å². The summed E-state index contributed by atoms with van der Waals surface area (Å²) < 4.78 is 59.0. The van der Waals surface area contributed by atoms with E-state index in [-0.39, 0.29) is 21.7 Å². The summed E-state index contributed by atoms with van der Waals surface area (Å²) in [7, 11) is -0.939. The zero-order valence-electron chi connectivity index (χ0n) is 18.6. The lowest BCUT2D eigenvalue weighted by molar-refractivity contribution is -0.152. The number of amides is 1. The maximum absolute atomic E-state index is 15.0. The molecule has 176 valence electrons. The molecule has 0 radical (unpaired) electrons. The van der Waals surface area contributed by atoms with Crippen LogP contribution < -0.4 is 10.8 Å². The highest BCUT2D eigenvalue weighted by molar-refractivity contribution is 6.65. The van der Waals surface area contributed by atoms with E-state index in [2.05, 4.69) is 5.32 Å². The van der Waals surface area contributed by atoms with Crippen LogP contribution >= 0.6 is 11.6 Å². The summed E-state index contributed by atoms with van der Waals surface area (Å²) in [5.74, 6) is -4.85. The number of esters is 1. The number of anilines is 1. The van der Waals surface area contributed by atoms with Gasteiger partial charge in [-0.2, -0.15) is 0 Å². The Labute approximate surface area is 194 Å². The third kappa shape index (κ3) is 5.18. The van der Waals surface area contributed by atoms with E-state index in [1.165, 1.54) is 12.1 Å². The summed E-state index contributed by atoms with van der Waals surface area (Å²) in [6.45, 7) is 8.34. The lowest BCUT2D eigenvalue weighted by Gasteiger charge is -2.32. The molecule has 1 heterocycles. The van der Waals surface area contributed by atoms with E-state index in [4.69, 9.17) is 25.6 Å². The van der Waals surface area contributed by atoms with Crippen molar-refractivity contribution in [2.24, 2.45) is 0 Å². The number of nitrogens with one attached hydrogen (secondary N) is 1. The summed E-state index contributed by atoms with van der Waals surface area (Å²) in [6.07, 6.45) is -1.73. The molecule has 6 nitrogen and oxygen atoms in total. The van der Waals surface area contributed by atoms with Crippen LogP contribution in [0.5, 0.6) is 0 Å². The molecule has 0 aliphatic carbocycles. The van der Waals surface area contributed by atoms with Crippen molar-refractivity contribution < 1.29 is 36.8 Å². The van der Waals surface area contributed by atoms with Gasteiger partial charge in [0.15, 0.2) is 5.82 Å². The minimum absolute atomic E-state index is 0.217. The highest BCUT2D eigenvalue weighted by Crippen LogP contribution is 2.37. The zero-order valence-corrected chi connectivity index (χ0v) is 19.4. The maximum atomic E-state index is 15.0. The van der Waals surface area contributed by atoms with Crippen LogP contribution in [0.3, 0.4) is 0 Å². The first-order chi connectivity index (χ1) is 15.2. The van der Waals surface area contributed by atoms with E-state index in [0.717, 1.165) is 19.1 Å². The van der Waals surface area contributed by atoms with Gasteiger partial charge in [-0.3, -0.25) is 9.59 Å². The van der Waals surface area contributed by atoms with E-state index in [9.17, 15) is 18.4 Å². The van der Waals surface area contributed by atoms with E-state index in [0.29, 0.717) is 6.07 Å². The van der Waals surface area contributed by atoms with Gasteiger partial charge in [0.1, 0.15) is 11.6 Å². The molecule has 1 aliphatic rings. The van der Waals surface area contributed by atoms with Crippen molar-refractivity contribution in [3.05, 3.63) is 58.4 Å². The summed E-state index contributed by atoms with van der Waals surface area (Å²) in [4.78, 5) is 24.2. The minimum atomic E-state index is -1.73. The summed E-state index contributed by atoms with van der Waals surface area (Å²) >= 11 is 6.20. The van der Waals surface area contributed by atoms with Crippen molar-refractivity contribution in [3.8, 4) is 0 Å². The molecular formula is C22H22BClF3NO5. The minimum Gasteiger partial charge on any atom is -0.447 e. The third-order valence-corrected chi connectivity index (χ3v) is 5.97. The normalized spacial score (nSPS) is 17.5. The molecule has 1 saturated heterocycles. The van der Waals surface area contributed by atoms with Gasteiger partial charge in [-0.25, -0.2) is 13.2 Å². The van der Waals surface area contributed by atoms with Gasteiger partial charge in [0.2, 0.25) is 6.10 Å². The fourth-order valence-electron chi connectivity index (χ4n) is 3.18. The fourth-order valence-corrected chi connectivity index (χ4v) is 3.43. The molecule has 1 amide bonds. The number of carbonyl (C=O) groups excluding carboxylic acids is 2. The largest absolute Gasteiger partial charge is 0.496 e. The summed E-state index contributed by atoms with van der Waals surface area (Å²) in [5, 5.41) is 1.90. The Balaban J connectivity index is 1.88. The van der Waals surface area contributed by atoms with Crippen molar-refractivity contribution in [2.45, 2.75) is 51.9 Å². The molecule has 0 spiro atoms. The molecule has 2 aromatic carbocycles. The highest BCUT2D eigenvalue weighted by atomic mass is 35.5. The lowest BCUT2D eigenvalue weighted by Crippen LogP contribution is -2.41. The molecule has 1 unspecified atom stereocenters. The fraction of sp³-hybridized carbons (Fsp3) is 0.364. The first-order valence-electron chi connectivity index (χ1n) is 9.99. The van der Waals surface area contributed by atoms with Crippen molar-refractivity contribution in [1.29, 1.82) is 0 Å². The summed E-state index contributed by atoms with van der Waals surface area (Å²) in [5.41, 5.74) is -1.74. The Morgan fingerprint density at radius 3 is 2.09 bits per heavy atom. The second kappa shape index (κ2) is 9.00. The number of rotatable bonds is 5. The number of carbonyl (C=O) groups is 2. The molecule has 1 aliphatic heterocycles. The van der Waals surface area contributed by atoms with Crippen LogP contribution in [0.4, 0.5) is 18.9 Å². The Hall–Kier alpha value is -2.56. The number of benzene rings is 2. The van der Waals surface area contributed by atoms with Gasteiger partial charge in [0, 0.05) is 24.0 Å².